The minimum absolute atomic E-state index is 0.295. The Labute approximate surface area is 191 Å². The van der Waals surface area contributed by atoms with E-state index in [1.54, 1.807) is 49.6 Å². The van der Waals surface area contributed by atoms with Crippen molar-refractivity contribution in [3.8, 4) is 17.4 Å². The van der Waals surface area contributed by atoms with Crippen molar-refractivity contribution >= 4 is 27.0 Å². The van der Waals surface area contributed by atoms with E-state index in [1.165, 1.54) is 11.3 Å². The fourth-order valence-electron chi connectivity index (χ4n) is 3.04. The Bertz CT molecular complexity index is 1360. The molecular weight excluding hydrogens is 446 g/mol. The molecule has 1 N–H and O–H groups in total. The van der Waals surface area contributed by atoms with Crippen molar-refractivity contribution in [1.29, 1.82) is 0 Å². The van der Waals surface area contributed by atoms with Crippen molar-refractivity contribution in [2.75, 3.05) is 4.72 Å². The van der Waals surface area contributed by atoms with Crippen molar-refractivity contribution in [2.24, 2.45) is 0 Å². The Morgan fingerprint density at radius 2 is 1.81 bits per heavy atom. The zero-order valence-electron chi connectivity index (χ0n) is 18.2. The van der Waals surface area contributed by atoms with E-state index in [0.29, 0.717) is 33.2 Å². The molecule has 0 saturated carbocycles. The number of thiophene rings is 1. The monoisotopic (exact) mass is 469 g/mol. The number of hydrogen-bond acceptors (Lipinski definition) is 7. The highest BCUT2D eigenvalue weighted by atomic mass is 32.2. The summed E-state index contributed by atoms with van der Waals surface area (Å²) in [6, 6.07) is 11.9. The molecule has 0 radical (unpaired) electrons. The van der Waals surface area contributed by atoms with Crippen LogP contribution in [0.1, 0.15) is 29.0 Å². The molecule has 0 saturated heterocycles. The first-order chi connectivity index (χ1) is 15.2. The fourth-order valence-corrected chi connectivity index (χ4v) is 5.39. The maximum Gasteiger partial charge on any atom is 0.271 e. The highest BCUT2D eigenvalue weighted by Crippen LogP contribution is 2.27. The summed E-state index contributed by atoms with van der Waals surface area (Å²) in [6.45, 7) is 7.70. The summed E-state index contributed by atoms with van der Waals surface area (Å²) < 4.78 is 35.9. The van der Waals surface area contributed by atoms with Crippen LogP contribution in [0.15, 0.2) is 53.0 Å². The van der Waals surface area contributed by atoms with Crippen molar-refractivity contribution in [2.45, 2.75) is 38.3 Å². The lowest BCUT2D eigenvalue weighted by atomic mass is 10.3. The number of aryl methyl sites for hydroxylation is 3. The smallest absolute Gasteiger partial charge is 0.271 e. The van der Waals surface area contributed by atoms with Crippen LogP contribution in [0.4, 0.5) is 5.69 Å². The summed E-state index contributed by atoms with van der Waals surface area (Å²) in [4.78, 5) is 14.1. The summed E-state index contributed by atoms with van der Waals surface area (Å²) in [7, 11) is -3.62. The lowest BCUT2D eigenvalue weighted by molar-refractivity contribution is 0.459. The van der Waals surface area contributed by atoms with E-state index < -0.39 is 10.0 Å². The highest BCUT2D eigenvalue weighted by molar-refractivity contribution is 7.94. The summed E-state index contributed by atoms with van der Waals surface area (Å²) in [6.07, 6.45) is 2.52. The Morgan fingerprint density at radius 3 is 2.44 bits per heavy atom. The first-order valence-electron chi connectivity index (χ1n) is 10.0. The number of imidazole rings is 1. The second-order valence-electron chi connectivity index (χ2n) is 7.20. The van der Waals surface area contributed by atoms with Crippen molar-refractivity contribution in [3.63, 3.8) is 0 Å². The number of aromatic nitrogens is 4. The summed E-state index contributed by atoms with van der Waals surface area (Å²) in [5.41, 5.74) is 2.37. The van der Waals surface area contributed by atoms with E-state index in [4.69, 9.17) is 4.74 Å². The average molecular weight is 470 g/mol. The van der Waals surface area contributed by atoms with Crippen LogP contribution in [-0.2, 0) is 16.4 Å². The molecule has 0 fully saturated rings. The topological polar surface area (TPSA) is 99.0 Å². The van der Waals surface area contributed by atoms with Crippen LogP contribution in [-0.4, -0.2) is 27.9 Å². The Balaban J connectivity index is 1.51. The third-order valence-electron chi connectivity index (χ3n) is 4.88. The average Bonchev–Trinajstić information content (AvgIpc) is 3.37. The highest BCUT2D eigenvalue weighted by Gasteiger charge is 2.17. The minimum atomic E-state index is -3.62. The van der Waals surface area contributed by atoms with E-state index in [-0.39, 0.29) is 0 Å². The number of sulfonamides is 1. The molecule has 166 valence electrons. The zero-order chi connectivity index (χ0) is 22.9. The first kappa shape index (κ1) is 22.0. The van der Waals surface area contributed by atoms with Crippen LogP contribution in [0.25, 0.3) is 5.82 Å². The van der Waals surface area contributed by atoms with E-state index in [2.05, 4.69) is 19.7 Å². The molecule has 0 aliphatic carbocycles. The van der Waals surface area contributed by atoms with E-state index >= 15 is 0 Å². The number of benzene rings is 1. The second-order valence-corrected chi connectivity index (χ2v) is 10.3. The second kappa shape index (κ2) is 8.71. The number of anilines is 1. The molecule has 0 bridgehead atoms. The maximum atomic E-state index is 12.6. The van der Waals surface area contributed by atoms with Crippen LogP contribution < -0.4 is 9.46 Å². The number of rotatable bonds is 7. The van der Waals surface area contributed by atoms with Gasteiger partial charge in [0.15, 0.2) is 0 Å². The van der Waals surface area contributed by atoms with Gasteiger partial charge in [-0.05, 0) is 63.6 Å². The van der Waals surface area contributed by atoms with Gasteiger partial charge in [0.2, 0.25) is 5.88 Å². The molecular formula is C22H23N5O3S2. The standard InChI is InChI=1S/C22H23N5O3S2/c1-5-19-10-11-22(31-19)32(28,29)26-17-6-8-18(9-7-17)30-21-12-20(24-16(4)25-21)27-13-23-14(2)15(27)3/h6-13,26H,5H2,1-4H3. The molecule has 3 heterocycles. The van der Waals surface area contributed by atoms with Gasteiger partial charge in [-0.1, -0.05) is 6.92 Å². The van der Waals surface area contributed by atoms with Crippen molar-refractivity contribution in [3.05, 3.63) is 70.9 Å². The zero-order valence-corrected chi connectivity index (χ0v) is 19.8. The normalized spacial score (nSPS) is 11.5. The minimum Gasteiger partial charge on any atom is -0.439 e. The predicted octanol–water partition coefficient (Wildman–Crippen LogP) is 4.80. The van der Waals surface area contributed by atoms with E-state index in [1.807, 2.05) is 31.4 Å². The molecule has 0 aliphatic heterocycles. The summed E-state index contributed by atoms with van der Waals surface area (Å²) in [5, 5.41) is 0. The molecule has 32 heavy (non-hydrogen) atoms. The summed E-state index contributed by atoms with van der Waals surface area (Å²) >= 11 is 1.27. The van der Waals surface area contributed by atoms with Crippen LogP contribution in [0, 0.1) is 20.8 Å². The molecule has 1 aromatic carbocycles. The van der Waals surface area contributed by atoms with Crippen LogP contribution in [0.5, 0.6) is 11.6 Å². The third-order valence-corrected chi connectivity index (χ3v) is 7.98. The number of nitrogens with zero attached hydrogens (tertiary/aromatic N) is 4. The molecule has 8 nitrogen and oxygen atoms in total. The largest absolute Gasteiger partial charge is 0.439 e. The van der Waals surface area contributed by atoms with Gasteiger partial charge in [0, 0.05) is 22.3 Å². The molecule has 4 rings (SSSR count). The molecule has 0 atom stereocenters. The number of hydrogen-bond donors (Lipinski definition) is 1. The van der Waals surface area contributed by atoms with Crippen LogP contribution in [0.3, 0.4) is 0 Å². The molecule has 0 unspecified atom stereocenters. The van der Waals surface area contributed by atoms with Gasteiger partial charge in [-0.15, -0.1) is 11.3 Å². The lowest BCUT2D eigenvalue weighted by Gasteiger charge is -2.10. The molecule has 4 aromatic rings. The Morgan fingerprint density at radius 1 is 1.06 bits per heavy atom. The first-order valence-corrected chi connectivity index (χ1v) is 12.3. The van der Waals surface area contributed by atoms with E-state index in [0.717, 1.165) is 22.7 Å². The Hall–Kier alpha value is -3.24. The van der Waals surface area contributed by atoms with Gasteiger partial charge in [0.25, 0.3) is 10.0 Å². The van der Waals surface area contributed by atoms with Gasteiger partial charge in [-0.2, -0.15) is 4.98 Å². The lowest BCUT2D eigenvalue weighted by Crippen LogP contribution is -2.11. The van der Waals surface area contributed by atoms with Gasteiger partial charge in [-0.3, -0.25) is 9.29 Å². The van der Waals surface area contributed by atoms with Crippen LogP contribution >= 0.6 is 11.3 Å². The molecule has 0 aliphatic rings. The molecule has 10 heteroatoms. The quantitative estimate of drug-likeness (QED) is 0.417. The van der Waals surface area contributed by atoms with Gasteiger partial charge in [0.05, 0.1) is 5.69 Å². The van der Waals surface area contributed by atoms with Gasteiger partial charge in [-0.25, -0.2) is 18.4 Å². The summed E-state index contributed by atoms with van der Waals surface area (Å²) in [5.74, 6) is 2.14. The van der Waals surface area contributed by atoms with Crippen molar-refractivity contribution in [1.82, 2.24) is 19.5 Å². The third kappa shape index (κ3) is 4.66. The van der Waals surface area contributed by atoms with Gasteiger partial charge in [0.1, 0.15) is 27.9 Å². The van der Waals surface area contributed by atoms with E-state index in [9.17, 15) is 8.42 Å². The van der Waals surface area contributed by atoms with Crippen LogP contribution in [0.2, 0.25) is 0 Å². The molecule has 0 spiro atoms. The maximum absolute atomic E-state index is 12.6. The predicted molar refractivity (Wildman–Crippen MR) is 124 cm³/mol. The molecule has 3 aromatic heterocycles. The van der Waals surface area contributed by atoms with Crippen molar-refractivity contribution < 1.29 is 13.2 Å². The fraction of sp³-hybridized carbons (Fsp3) is 0.227. The van der Waals surface area contributed by atoms with Gasteiger partial charge < -0.3 is 4.74 Å². The number of ether oxygens (including phenoxy) is 1. The van der Waals surface area contributed by atoms with Gasteiger partial charge >= 0.3 is 0 Å². The number of nitrogens with one attached hydrogen (secondary N) is 1. The Kier molecular flexibility index (Phi) is 5.98. The SMILES string of the molecule is CCc1ccc(S(=O)(=O)Nc2ccc(Oc3cc(-n4cnc(C)c4C)nc(C)n3)cc2)s1. The molecule has 0 amide bonds.